The van der Waals surface area contributed by atoms with E-state index in [-0.39, 0.29) is 24.3 Å². The number of anilines is 2. The summed E-state index contributed by atoms with van der Waals surface area (Å²) in [7, 11) is 0. The van der Waals surface area contributed by atoms with Gasteiger partial charge in [-0.15, -0.1) is 0 Å². The Kier molecular flexibility index (Phi) is 2.42. The van der Waals surface area contributed by atoms with E-state index >= 15 is 0 Å². The lowest BCUT2D eigenvalue weighted by atomic mass is 9.91. The SMILES string of the molecule is Cc1cc2c3c(c1)C(c1ccccc1)C(=O)N3CC(=O)N2. The predicted octanol–water partition coefficient (Wildman–Crippen LogP) is 2.43. The normalized spacial score (nSPS) is 19.5. The van der Waals surface area contributed by atoms with Crippen LogP contribution in [-0.2, 0) is 9.59 Å². The molecule has 0 saturated heterocycles. The van der Waals surface area contributed by atoms with Crippen molar-refractivity contribution in [2.24, 2.45) is 0 Å². The minimum Gasteiger partial charge on any atom is -0.323 e. The van der Waals surface area contributed by atoms with Gasteiger partial charge in [0.1, 0.15) is 6.54 Å². The van der Waals surface area contributed by atoms with E-state index in [4.69, 9.17) is 0 Å². The molecule has 0 saturated carbocycles. The lowest BCUT2D eigenvalue weighted by Crippen LogP contribution is -2.40. The topological polar surface area (TPSA) is 49.4 Å². The molecule has 2 aliphatic rings. The van der Waals surface area contributed by atoms with Crippen molar-refractivity contribution in [3.05, 3.63) is 59.2 Å². The third-order valence-corrected chi connectivity index (χ3v) is 4.09. The summed E-state index contributed by atoms with van der Waals surface area (Å²) in [4.78, 5) is 26.2. The van der Waals surface area contributed by atoms with Gasteiger partial charge >= 0.3 is 0 Å². The van der Waals surface area contributed by atoms with Gasteiger partial charge in [-0.1, -0.05) is 36.4 Å². The molecule has 2 amide bonds. The average molecular weight is 278 g/mol. The highest BCUT2D eigenvalue weighted by atomic mass is 16.2. The second-order valence-corrected chi connectivity index (χ2v) is 5.57. The highest BCUT2D eigenvalue weighted by molar-refractivity contribution is 6.17. The molecule has 1 unspecified atom stereocenters. The van der Waals surface area contributed by atoms with E-state index in [1.54, 1.807) is 4.90 Å². The van der Waals surface area contributed by atoms with E-state index in [9.17, 15) is 9.59 Å². The Bertz CT molecular complexity index is 768. The molecule has 2 aromatic carbocycles. The van der Waals surface area contributed by atoms with Crippen LogP contribution in [0, 0.1) is 6.92 Å². The molecule has 4 heteroatoms. The highest BCUT2D eigenvalue weighted by Gasteiger charge is 2.42. The van der Waals surface area contributed by atoms with Crippen LogP contribution in [0.2, 0.25) is 0 Å². The number of aryl methyl sites for hydroxylation is 1. The Balaban J connectivity index is 1.96. The molecule has 0 bridgehead atoms. The van der Waals surface area contributed by atoms with Crippen LogP contribution >= 0.6 is 0 Å². The summed E-state index contributed by atoms with van der Waals surface area (Å²) >= 11 is 0. The van der Waals surface area contributed by atoms with E-state index in [1.165, 1.54) is 0 Å². The molecule has 1 atom stereocenters. The van der Waals surface area contributed by atoms with Gasteiger partial charge in [0.2, 0.25) is 11.8 Å². The molecule has 1 N–H and O–H groups in total. The molecule has 0 radical (unpaired) electrons. The van der Waals surface area contributed by atoms with Crippen LogP contribution in [-0.4, -0.2) is 18.4 Å². The minimum absolute atomic E-state index is 0.0158. The Labute approximate surface area is 122 Å². The zero-order chi connectivity index (χ0) is 14.6. The quantitative estimate of drug-likeness (QED) is 0.871. The molecule has 0 aromatic heterocycles. The summed E-state index contributed by atoms with van der Waals surface area (Å²) in [5.74, 6) is -0.466. The van der Waals surface area contributed by atoms with Crippen molar-refractivity contribution < 1.29 is 9.59 Å². The minimum atomic E-state index is -0.312. The molecule has 2 aromatic rings. The van der Waals surface area contributed by atoms with Gasteiger partial charge in [0.15, 0.2) is 0 Å². The molecular weight excluding hydrogens is 264 g/mol. The molecule has 0 aliphatic carbocycles. The number of hydrogen-bond donors (Lipinski definition) is 1. The van der Waals surface area contributed by atoms with Crippen LogP contribution in [0.4, 0.5) is 11.4 Å². The van der Waals surface area contributed by atoms with E-state index in [1.807, 2.05) is 49.4 Å². The molecule has 104 valence electrons. The summed E-state index contributed by atoms with van der Waals surface area (Å²) in [5, 5.41) is 2.87. The molecule has 4 rings (SSSR count). The fourth-order valence-corrected chi connectivity index (χ4v) is 3.28. The van der Waals surface area contributed by atoms with Gasteiger partial charge < -0.3 is 5.32 Å². The number of rotatable bonds is 1. The Morgan fingerprint density at radius 3 is 2.67 bits per heavy atom. The van der Waals surface area contributed by atoms with Crippen LogP contribution in [0.15, 0.2) is 42.5 Å². The number of carbonyl (C=O) groups excluding carboxylic acids is 2. The number of benzene rings is 2. The molecular formula is C17H14N2O2. The van der Waals surface area contributed by atoms with Gasteiger partial charge in [-0.2, -0.15) is 0 Å². The lowest BCUT2D eigenvalue weighted by Gasteiger charge is -2.25. The summed E-state index contributed by atoms with van der Waals surface area (Å²) in [6.45, 7) is 2.08. The van der Waals surface area contributed by atoms with Gasteiger partial charge in [0.25, 0.3) is 0 Å². The second-order valence-electron chi connectivity index (χ2n) is 5.57. The maximum absolute atomic E-state index is 12.8. The number of hydrogen-bond acceptors (Lipinski definition) is 2. The van der Waals surface area contributed by atoms with E-state index in [0.29, 0.717) is 0 Å². The Morgan fingerprint density at radius 2 is 1.90 bits per heavy atom. The molecule has 2 aliphatic heterocycles. The number of nitrogens with zero attached hydrogens (tertiary/aromatic N) is 1. The first-order valence-electron chi connectivity index (χ1n) is 6.96. The van der Waals surface area contributed by atoms with Crippen LogP contribution in [0.25, 0.3) is 0 Å². The molecule has 2 heterocycles. The average Bonchev–Trinajstić information content (AvgIpc) is 2.73. The third-order valence-electron chi connectivity index (χ3n) is 4.09. The Hall–Kier alpha value is -2.62. The maximum atomic E-state index is 12.8. The zero-order valence-electron chi connectivity index (χ0n) is 11.6. The van der Waals surface area contributed by atoms with Crippen LogP contribution in [0.5, 0.6) is 0 Å². The standard InChI is InChI=1S/C17H14N2O2/c1-10-7-12-15(11-5-3-2-4-6-11)17(21)19-9-14(20)18-13(8-10)16(12)19/h2-8,15H,9H2,1H3,(H,18,20). The maximum Gasteiger partial charge on any atom is 0.244 e. The van der Waals surface area contributed by atoms with Crippen molar-refractivity contribution in [1.29, 1.82) is 0 Å². The fraction of sp³-hybridized carbons (Fsp3) is 0.176. The van der Waals surface area contributed by atoms with E-state index in [0.717, 1.165) is 28.1 Å². The van der Waals surface area contributed by atoms with Crippen molar-refractivity contribution in [2.75, 3.05) is 16.8 Å². The smallest absolute Gasteiger partial charge is 0.244 e. The summed E-state index contributed by atoms with van der Waals surface area (Å²) in [6.07, 6.45) is 0. The van der Waals surface area contributed by atoms with Crippen LogP contribution in [0.1, 0.15) is 22.6 Å². The first-order valence-corrected chi connectivity index (χ1v) is 6.96. The molecule has 0 spiro atoms. The lowest BCUT2D eigenvalue weighted by molar-refractivity contribution is -0.121. The first kappa shape index (κ1) is 12.1. The second kappa shape index (κ2) is 4.19. The number of nitrogens with one attached hydrogen (secondary N) is 1. The highest BCUT2D eigenvalue weighted by Crippen LogP contribution is 2.47. The van der Waals surface area contributed by atoms with Crippen molar-refractivity contribution >= 4 is 23.2 Å². The third kappa shape index (κ3) is 1.69. The molecule has 0 fully saturated rings. The monoisotopic (exact) mass is 278 g/mol. The summed E-state index contributed by atoms with van der Waals surface area (Å²) in [6, 6.07) is 13.7. The van der Waals surface area contributed by atoms with Crippen LogP contribution < -0.4 is 10.2 Å². The van der Waals surface area contributed by atoms with Crippen molar-refractivity contribution in [2.45, 2.75) is 12.8 Å². The Morgan fingerprint density at radius 1 is 1.14 bits per heavy atom. The first-order chi connectivity index (χ1) is 10.1. The van der Waals surface area contributed by atoms with Gasteiger partial charge in [-0.05, 0) is 29.7 Å². The van der Waals surface area contributed by atoms with Crippen molar-refractivity contribution in [1.82, 2.24) is 0 Å². The van der Waals surface area contributed by atoms with Crippen molar-refractivity contribution in [3.8, 4) is 0 Å². The van der Waals surface area contributed by atoms with Crippen molar-refractivity contribution in [3.63, 3.8) is 0 Å². The number of amides is 2. The van der Waals surface area contributed by atoms with E-state index in [2.05, 4.69) is 5.32 Å². The summed E-state index contributed by atoms with van der Waals surface area (Å²) in [5.41, 5.74) is 4.60. The zero-order valence-corrected chi connectivity index (χ0v) is 11.6. The van der Waals surface area contributed by atoms with Crippen LogP contribution in [0.3, 0.4) is 0 Å². The summed E-state index contributed by atoms with van der Waals surface area (Å²) < 4.78 is 0. The van der Waals surface area contributed by atoms with Gasteiger partial charge in [-0.3, -0.25) is 14.5 Å². The number of carbonyl (C=O) groups is 2. The molecule has 4 nitrogen and oxygen atoms in total. The predicted molar refractivity (Wildman–Crippen MR) is 80.4 cm³/mol. The fourth-order valence-electron chi connectivity index (χ4n) is 3.28. The van der Waals surface area contributed by atoms with Gasteiger partial charge in [-0.25, -0.2) is 0 Å². The van der Waals surface area contributed by atoms with Gasteiger partial charge in [0.05, 0.1) is 17.3 Å². The van der Waals surface area contributed by atoms with E-state index < -0.39 is 0 Å². The van der Waals surface area contributed by atoms with Gasteiger partial charge in [0, 0.05) is 0 Å². The molecule has 21 heavy (non-hydrogen) atoms. The largest absolute Gasteiger partial charge is 0.323 e.